The third kappa shape index (κ3) is 3.87. The third-order valence-corrected chi connectivity index (χ3v) is 5.08. The second kappa shape index (κ2) is 5.50. The highest BCUT2D eigenvalue weighted by molar-refractivity contribution is 7.91. The van der Waals surface area contributed by atoms with Gasteiger partial charge >= 0.3 is 16.8 Å². The van der Waals surface area contributed by atoms with Crippen LogP contribution < -0.4 is 9.60 Å². The van der Waals surface area contributed by atoms with E-state index in [1.165, 1.54) is 6.92 Å². The van der Waals surface area contributed by atoms with Gasteiger partial charge in [0.05, 0.1) is 6.42 Å². The molecule has 0 spiro atoms. The first-order valence-electron chi connectivity index (χ1n) is 4.80. The van der Waals surface area contributed by atoms with Crippen LogP contribution in [-0.2, 0) is 19.6 Å². The van der Waals surface area contributed by atoms with Crippen LogP contribution in [0, 0.1) is 6.92 Å². The Balaban J connectivity index is 3.07. The maximum absolute atomic E-state index is 11.8. The van der Waals surface area contributed by atoms with Crippen molar-refractivity contribution in [1.82, 2.24) is 9.71 Å². The standard InChI is InChI=1S/C8H10N2O7S2/c1-3-7(18-8(15)9-3)19(16,17)10-4(6(13)14)2-5(11)12/h4,10H,2H2,1H3,(H,9,15)(H,11,12)(H,13,14). The average Bonchev–Trinajstić information content (AvgIpc) is 2.56. The number of hydrogen-bond acceptors (Lipinski definition) is 6. The number of nitrogens with one attached hydrogen (secondary N) is 2. The Hall–Kier alpha value is -1.72. The Morgan fingerprint density at radius 3 is 2.37 bits per heavy atom. The molecule has 4 N–H and O–H groups in total. The number of sulfonamides is 1. The predicted octanol–water partition coefficient (Wildman–Crippen LogP) is -1.05. The van der Waals surface area contributed by atoms with Gasteiger partial charge in [0.1, 0.15) is 6.04 Å². The molecule has 106 valence electrons. The van der Waals surface area contributed by atoms with Crippen molar-refractivity contribution in [2.24, 2.45) is 0 Å². The molecule has 0 aliphatic carbocycles. The molecule has 1 rings (SSSR count). The van der Waals surface area contributed by atoms with E-state index >= 15 is 0 Å². The lowest BCUT2D eigenvalue weighted by atomic mass is 10.2. The van der Waals surface area contributed by atoms with Crippen molar-refractivity contribution in [3.05, 3.63) is 15.4 Å². The first-order valence-corrected chi connectivity index (χ1v) is 7.10. The van der Waals surface area contributed by atoms with Crippen LogP contribution in [0.2, 0.25) is 0 Å². The van der Waals surface area contributed by atoms with Crippen LogP contribution in [0.15, 0.2) is 9.00 Å². The fourth-order valence-corrected chi connectivity index (χ4v) is 3.75. The lowest BCUT2D eigenvalue weighted by molar-refractivity contribution is -0.145. The van der Waals surface area contributed by atoms with E-state index in [4.69, 9.17) is 10.2 Å². The Bertz CT molecular complexity index is 657. The van der Waals surface area contributed by atoms with E-state index in [2.05, 4.69) is 4.98 Å². The van der Waals surface area contributed by atoms with Crippen LogP contribution in [0.3, 0.4) is 0 Å². The molecule has 1 aromatic rings. The number of H-pyrrole nitrogens is 1. The fourth-order valence-electron chi connectivity index (χ4n) is 1.24. The second-order valence-electron chi connectivity index (χ2n) is 3.54. The van der Waals surface area contributed by atoms with Gasteiger partial charge in [-0.25, -0.2) is 8.42 Å². The smallest absolute Gasteiger partial charge is 0.322 e. The van der Waals surface area contributed by atoms with Crippen molar-refractivity contribution >= 4 is 33.3 Å². The minimum absolute atomic E-state index is 0.0574. The van der Waals surface area contributed by atoms with Gasteiger partial charge in [-0.1, -0.05) is 11.3 Å². The molecule has 1 aromatic heterocycles. The quantitative estimate of drug-likeness (QED) is 0.522. The summed E-state index contributed by atoms with van der Waals surface area (Å²) in [6.45, 7) is 1.33. The van der Waals surface area contributed by atoms with Gasteiger partial charge < -0.3 is 15.2 Å². The molecule has 0 aromatic carbocycles. The zero-order valence-electron chi connectivity index (χ0n) is 9.54. The van der Waals surface area contributed by atoms with Gasteiger partial charge in [0.2, 0.25) is 0 Å². The number of aromatic nitrogens is 1. The largest absolute Gasteiger partial charge is 0.481 e. The summed E-state index contributed by atoms with van der Waals surface area (Å²) in [5.74, 6) is -3.08. The molecule has 1 unspecified atom stereocenters. The van der Waals surface area contributed by atoms with Crippen LogP contribution in [0.1, 0.15) is 12.1 Å². The van der Waals surface area contributed by atoms with E-state index in [0.717, 1.165) is 0 Å². The maximum atomic E-state index is 11.8. The van der Waals surface area contributed by atoms with Crippen molar-refractivity contribution in [3.8, 4) is 0 Å². The van der Waals surface area contributed by atoms with Crippen molar-refractivity contribution in [2.45, 2.75) is 23.6 Å². The fraction of sp³-hybridized carbons (Fsp3) is 0.375. The van der Waals surface area contributed by atoms with Crippen molar-refractivity contribution in [1.29, 1.82) is 0 Å². The summed E-state index contributed by atoms with van der Waals surface area (Å²) in [5, 5.41) is 17.3. The van der Waals surface area contributed by atoms with Crippen molar-refractivity contribution in [3.63, 3.8) is 0 Å². The predicted molar refractivity (Wildman–Crippen MR) is 63.7 cm³/mol. The molecule has 1 atom stereocenters. The molecule has 0 radical (unpaired) electrons. The Morgan fingerprint density at radius 2 is 2.00 bits per heavy atom. The van der Waals surface area contributed by atoms with Gasteiger partial charge in [0.15, 0.2) is 4.21 Å². The van der Waals surface area contributed by atoms with Crippen molar-refractivity contribution in [2.75, 3.05) is 0 Å². The third-order valence-electron chi connectivity index (χ3n) is 2.00. The van der Waals surface area contributed by atoms with Gasteiger partial charge in [-0.15, -0.1) is 0 Å². The molecule has 0 bridgehead atoms. The molecule has 0 amide bonds. The van der Waals surface area contributed by atoms with Gasteiger partial charge in [0, 0.05) is 5.69 Å². The normalized spacial score (nSPS) is 13.1. The molecule has 0 aliphatic heterocycles. The summed E-state index contributed by atoms with van der Waals surface area (Å²) in [4.78, 5) is 33.9. The van der Waals surface area contributed by atoms with E-state index in [-0.39, 0.29) is 9.90 Å². The average molecular weight is 310 g/mol. The minimum atomic E-state index is -4.27. The van der Waals surface area contributed by atoms with Crippen molar-refractivity contribution < 1.29 is 28.2 Å². The molecular formula is C8H10N2O7S2. The monoisotopic (exact) mass is 310 g/mol. The number of aryl methyl sites for hydroxylation is 1. The van der Waals surface area contributed by atoms with E-state index in [1.807, 2.05) is 0 Å². The highest BCUT2D eigenvalue weighted by atomic mass is 32.2. The number of aromatic amines is 1. The van der Waals surface area contributed by atoms with Gasteiger partial charge in [-0.2, -0.15) is 4.72 Å². The van der Waals surface area contributed by atoms with E-state index in [9.17, 15) is 22.8 Å². The summed E-state index contributed by atoms with van der Waals surface area (Å²) < 4.78 is 25.1. The summed E-state index contributed by atoms with van der Waals surface area (Å²) in [6, 6.07) is -1.81. The van der Waals surface area contributed by atoms with Crippen LogP contribution in [-0.4, -0.2) is 41.6 Å². The zero-order valence-corrected chi connectivity index (χ0v) is 11.2. The van der Waals surface area contributed by atoms with E-state index in [1.54, 1.807) is 4.72 Å². The minimum Gasteiger partial charge on any atom is -0.481 e. The van der Waals surface area contributed by atoms with Gasteiger partial charge in [-0.3, -0.25) is 14.4 Å². The number of carboxylic acid groups (broad SMARTS) is 2. The lowest BCUT2D eigenvalue weighted by Crippen LogP contribution is -2.42. The molecule has 0 aliphatic rings. The topological polar surface area (TPSA) is 154 Å². The second-order valence-corrected chi connectivity index (χ2v) is 6.43. The summed E-state index contributed by atoms with van der Waals surface area (Å²) in [7, 11) is -4.27. The van der Waals surface area contributed by atoms with E-state index < -0.39 is 39.3 Å². The Labute approximate surface area is 110 Å². The highest BCUT2D eigenvalue weighted by Gasteiger charge is 2.29. The number of carbonyl (C=O) groups is 2. The highest BCUT2D eigenvalue weighted by Crippen LogP contribution is 2.16. The summed E-state index contributed by atoms with van der Waals surface area (Å²) in [5.41, 5.74) is 0.0574. The van der Waals surface area contributed by atoms with Crippen LogP contribution in [0.5, 0.6) is 0 Å². The maximum Gasteiger partial charge on any atom is 0.322 e. The van der Waals surface area contributed by atoms with Gasteiger partial charge in [-0.05, 0) is 6.92 Å². The SMILES string of the molecule is Cc1[nH]c(=O)sc1S(=O)(=O)NC(CC(=O)O)C(=O)O. The molecule has 0 saturated heterocycles. The number of hydrogen-bond donors (Lipinski definition) is 4. The number of thiazole rings is 1. The molecule has 11 heteroatoms. The molecule has 9 nitrogen and oxygen atoms in total. The molecule has 1 heterocycles. The molecule has 19 heavy (non-hydrogen) atoms. The number of carboxylic acids is 2. The summed E-state index contributed by atoms with van der Waals surface area (Å²) in [6.07, 6.45) is -0.910. The van der Waals surface area contributed by atoms with Crippen LogP contribution in [0.4, 0.5) is 0 Å². The summed E-state index contributed by atoms with van der Waals surface area (Å²) >= 11 is 0.392. The molecule has 0 saturated carbocycles. The number of rotatable bonds is 6. The zero-order chi connectivity index (χ0) is 14.8. The Morgan fingerprint density at radius 1 is 1.42 bits per heavy atom. The van der Waals surface area contributed by atoms with Gasteiger partial charge in [0.25, 0.3) is 10.0 Å². The lowest BCUT2D eigenvalue weighted by Gasteiger charge is -2.11. The molecular weight excluding hydrogens is 300 g/mol. The van der Waals surface area contributed by atoms with Crippen LogP contribution in [0.25, 0.3) is 0 Å². The first kappa shape index (κ1) is 15.3. The van der Waals surface area contributed by atoms with Crippen LogP contribution >= 0.6 is 11.3 Å². The number of aliphatic carboxylic acids is 2. The molecule has 0 fully saturated rings. The first-order chi connectivity index (χ1) is 8.63. The van der Waals surface area contributed by atoms with E-state index in [0.29, 0.717) is 11.3 Å². The Kier molecular flexibility index (Phi) is 4.44.